The molecular formula is C13H20N2O4. The smallest absolute Gasteiger partial charge is 0.270 e. The van der Waals surface area contributed by atoms with E-state index in [1.54, 1.807) is 6.07 Å². The maximum atomic E-state index is 10.6. The van der Waals surface area contributed by atoms with Gasteiger partial charge in [0.05, 0.1) is 11.5 Å². The zero-order valence-electron chi connectivity index (χ0n) is 10.9. The molecule has 0 saturated carbocycles. The summed E-state index contributed by atoms with van der Waals surface area (Å²) in [6.07, 6.45) is 3.67. The highest BCUT2D eigenvalue weighted by Gasteiger charge is 2.10. The highest BCUT2D eigenvalue weighted by atomic mass is 16.6. The maximum Gasteiger partial charge on any atom is 0.270 e. The Balaban J connectivity index is 2.47. The second-order valence-corrected chi connectivity index (χ2v) is 4.24. The molecule has 0 unspecified atom stereocenters. The number of hydrogen-bond donors (Lipinski definition) is 2. The summed E-state index contributed by atoms with van der Waals surface area (Å²) in [4.78, 5) is 10.2. The summed E-state index contributed by atoms with van der Waals surface area (Å²) in [6.45, 7) is 0.984. The topological polar surface area (TPSA) is 98.6 Å². The summed E-state index contributed by atoms with van der Waals surface area (Å²) in [5, 5.41) is 19.3. The van der Waals surface area contributed by atoms with Crippen LogP contribution in [0.1, 0.15) is 31.2 Å². The predicted molar refractivity (Wildman–Crippen MR) is 72.0 cm³/mol. The third kappa shape index (κ3) is 5.23. The molecule has 6 nitrogen and oxygen atoms in total. The Morgan fingerprint density at radius 1 is 1.26 bits per heavy atom. The van der Waals surface area contributed by atoms with Gasteiger partial charge in [-0.3, -0.25) is 10.1 Å². The lowest BCUT2D eigenvalue weighted by atomic mass is 10.1. The van der Waals surface area contributed by atoms with Crippen LogP contribution in [0.2, 0.25) is 0 Å². The van der Waals surface area contributed by atoms with E-state index >= 15 is 0 Å². The molecule has 0 saturated heterocycles. The van der Waals surface area contributed by atoms with Crippen molar-refractivity contribution in [3.8, 4) is 5.75 Å². The molecule has 1 aromatic carbocycles. The van der Waals surface area contributed by atoms with Crippen molar-refractivity contribution in [2.75, 3.05) is 13.2 Å². The van der Waals surface area contributed by atoms with Crippen LogP contribution < -0.4 is 10.5 Å². The molecule has 106 valence electrons. The molecular weight excluding hydrogens is 248 g/mol. The first-order chi connectivity index (χ1) is 9.19. The monoisotopic (exact) mass is 268 g/mol. The maximum absolute atomic E-state index is 10.6. The quantitative estimate of drug-likeness (QED) is 0.405. The Bertz CT molecular complexity index is 410. The number of benzene rings is 1. The lowest BCUT2D eigenvalue weighted by Gasteiger charge is -2.10. The third-order valence-corrected chi connectivity index (χ3v) is 2.78. The van der Waals surface area contributed by atoms with Gasteiger partial charge in [-0.05, 0) is 25.3 Å². The predicted octanol–water partition coefficient (Wildman–Crippen LogP) is 1.98. The molecule has 0 fully saturated rings. The van der Waals surface area contributed by atoms with Gasteiger partial charge in [0.25, 0.3) is 5.69 Å². The number of nitrogens with zero attached hydrogens (tertiary/aromatic N) is 1. The molecule has 0 aliphatic rings. The first kappa shape index (κ1) is 15.4. The van der Waals surface area contributed by atoms with Crippen LogP contribution in [-0.4, -0.2) is 23.2 Å². The summed E-state index contributed by atoms with van der Waals surface area (Å²) < 4.78 is 5.58. The van der Waals surface area contributed by atoms with Crippen molar-refractivity contribution < 1.29 is 14.8 Å². The van der Waals surface area contributed by atoms with Crippen LogP contribution >= 0.6 is 0 Å². The van der Waals surface area contributed by atoms with Crippen molar-refractivity contribution in [3.05, 3.63) is 33.9 Å². The summed E-state index contributed by atoms with van der Waals surface area (Å²) in [7, 11) is 0. The third-order valence-electron chi connectivity index (χ3n) is 2.78. The van der Waals surface area contributed by atoms with E-state index in [0.29, 0.717) is 17.9 Å². The molecule has 3 N–H and O–H groups in total. The minimum Gasteiger partial charge on any atom is -0.493 e. The summed E-state index contributed by atoms with van der Waals surface area (Å²) in [5.74, 6) is 0.607. The summed E-state index contributed by atoms with van der Waals surface area (Å²) in [6, 6.07) is 4.45. The van der Waals surface area contributed by atoms with Crippen LogP contribution in [-0.2, 0) is 6.54 Å². The van der Waals surface area contributed by atoms with Crippen LogP contribution in [0.3, 0.4) is 0 Å². The number of non-ortho nitro benzene ring substituents is 1. The lowest BCUT2D eigenvalue weighted by Crippen LogP contribution is -2.04. The summed E-state index contributed by atoms with van der Waals surface area (Å²) >= 11 is 0. The van der Waals surface area contributed by atoms with Gasteiger partial charge in [0.1, 0.15) is 5.75 Å². The van der Waals surface area contributed by atoms with Gasteiger partial charge in [-0.2, -0.15) is 0 Å². The molecule has 0 radical (unpaired) electrons. The molecule has 0 heterocycles. The summed E-state index contributed by atoms with van der Waals surface area (Å²) in [5.41, 5.74) is 6.23. The highest BCUT2D eigenvalue weighted by Crippen LogP contribution is 2.24. The molecule has 0 spiro atoms. The standard InChI is InChI=1S/C13H20N2O4/c14-10-11-9-12(15(17)18)5-6-13(11)19-8-4-2-1-3-7-16/h5-6,9,16H,1-4,7-8,10,14H2. The van der Waals surface area contributed by atoms with Crippen LogP contribution in [0, 0.1) is 10.1 Å². The van der Waals surface area contributed by atoms with E-state index in [9.17, 15) is 10.1 Å². The van der Waals surface area contributed by atoms with Gasteiger partial charge in [-0.15, -0.1) is 0 Å². The Morgan fingerprint density at radius 2 is 2.00 bits per heavy atom. The van der Waals surface area contributed by atoms with Crippen LogP contribution in [0.15, 0.2) is 18.2 Å². The molecule has 0 bridgehead atoms. The number of ether oxygens (including phenoxy) is 1. The molecule has 19 heavy (non-hydrogen) atoms. The van der Waals surface area contributed by atoms with E-state index in [-0.39, 0.29) is 18.8 Å². The van der Waals surface area contributed by atoms with Crippen LogP contribution in [0.5, 0.6) is 5.75 Å². The molecule has 1 aromatic rings. The van der Waals surface area contributed by atoms with E-state index in [4.69, 9.17) is 15.6 Å². The number of nitrogens with two attached hydrogens (primary N) is 1. The van der Waals surface area contributed by atoms with Crippen molar-refractivity contribution in [1.82, 2.24) is 0 Å². The van der Waals surface area contributed by atoms with E-state index in [0.717, 1.165) is 25.7 Å². The fourth-order valence-corrected chi connectivity index (χ4v) is 1.73. The van der Waals surface area contributed by atoms with Crippen molar-refractivity contribution in [3.63, 3.8) is 0 Å². The zero-order chi connectivity index (χ0) is 14.1. The normalized spacial score (nSPS) is 10.4. The van der Waals surface area contributed by atoms with E-state index < -0.39 is 4.92 Å². The SMILES string of the molecule is NCc1cc([N+](=O)[O-])ccc1OCCCCCCO. The van der Waals surface area contributed by atoms with Crippen molar-refractivity contribution >= 4 is 5.69 Å². The van der Waals surface area contributed by atoms with E-state index in [1.807, 2.05) is 0 Å². The largest absolute Gasteiger partial charge is 0.493 e. The molecule has 6 heteroatoms. The second kappa shape index (κ2) is 8.44. The number of aliphatic hydroxyl groups is 1. The van der Waals surface area contributed by atoms with Crippen LogP contribution in [0.4, 0.5) is 5.69 Å². The Morgan fingerprint density at radius 3 is 2.63 bits per heavy atom. The van der Waals surface area contributed by atoms with Gasteiger partial charge in [0.2, 0.25) is 0 Å². The fourth-order valence-electron chi connectivity index (χ4n) is 1.73. The Kier molecular flexibility index (Phi) is 6.84. The minimum absolute atomic E-state index is 0.0238. The number of nitro groups is 1. The lowest BCUT2D eigenvalue weighted by molar-refractivity contribution is -0.384. The van der Waals surface area contributed by atoms with Gasteiger partial charge in [-0.1, -0.05) is 6.42 Å². The number of hydrogen-bond acceptors (Lipinski definition) is 5. The average molecular weight is 268 g/mol. The van der Waals surface area contributed by atoms with Gasteiger partial charge in [0, 0.05) is 30.8 Å². The minimum atomic E-state index is -0.447. The molecule has 1 rings (SSSR count). The van der Waals surface area contributed by atoms with Gasteiger partial charge in [0.15, 0.2) is 0 Å². The number of unbranched alkanes of at least 4 members (excludes halogenated alkanes) is 3. The van der Waals surface area contributed by atoms with Crippen molar-refractivity contribution in [1.29, 1.82) is 0 Å². The second-order valence-electron chi connectivity index (χ2n) is 4.24. The molecule has 0 atom stereocenters. The fraction of sp³-hybridized carbons (Fsp3) is 0.538. The van der Waals surface area contributed by atoms with Gasteiger partial charge >= 0.3 is 0 Å². The van der Waals surface area contributed by atoms with E-state index in [2.05, 4.69) is 0 Å². The highest BCUT2D eigenvalue weighted by molar-refractivity contribution is 5.43. The molecule has 0 aliphatic carbocycles. The number of rotatable bonds is 9. The molecule has 0 aliphatic heterocycles. The van der Waals surface area contributed by atoms with Crippen molar-refractivity contribution in [2.45, 2.75) is 32.2 Å². The van der Waals surface area contributed by atoms with Gasteiger partial charge < -0.3 is 15.6 Å². The first-order valence-corrected chi connectivity index (χ1v) is 6.40. The van der Waals surface area contributed by atoms with Crippen molar-refractivity contribution in [2.24, 2.45) is 5.73 Å². The Hall–Kier alpha value is -1.66. The zero-order valence-corrected chi connectivity index (χ0v) is 10.9. The van der Waals surface area contributed by atoms with E-state index in [1.165, 1.54) is 12.1 Å². The Labute approximate surface area is 112 Å². The van der Waals surface area contributed by atoms with Crippen LogP contribution in [0.25, 0.3) is 0 Å². The van der Waals surface area contributed by atoms with Gasteiger partial charge in [-0.25, -0.2) is 0 Å². The molecule has 0 amide bonds. The average Bonchev–Trinajstić information content (AvgIpc) is 2.42. The number of aliphatic hydroxyl groups excluding tert-OH is 1. The number of nitro benzene ring substituents is 1. The molecule has 0 aromatic heterocycles. The first-order valence-electron chi connectivity index (χ1n) is 6.40.